The maximum absolute atomic E-state index is 14.7. The van der Waals surface area contributed by atoms with Gasteiger partial charge in [-0.25, -0.2) is 4.79 Å². The van der Waals surface area contributed by atoms with Gasteiger partial charge < -0.3 is 15.1 Å². The molecule has 6 aliphatic rings. The molecule has 2 N–H and O–H groups in total. The number of nitrogens with zero attached hydrogens (tertiary/aromatic N) is 1. The molecular weight excluding hydrogens is 582 g/mol. The number of aromatic carboxylic acids is 1. The summed E-state index contributed by atoms with van der Waals surface area (Å²) in [5, 5.41) is 19.7. The van der Waals surface area contributed by atoms with E-state index in [1.807, 2.05) is 12.1 Å². The first-order valence-corrected chi connectivity index (χ1v) is 18.8. The lowest BCUT2D eigenvalue weighted by Gasteiger charge is -2.72. The third-order valence-electron chi connectivity index (χ3n) is 16.4. The van der Waals surface area contributed by atoms with Crippen LogP contribution in [0.1, 0.15) is 128 Å². The van der Waals surface area contributed by atoms with Crippen molar-refractivity contribution in [2.75, 3.05) is 13.2 Å². The lowest BCUT2D eigenvalue weighted by Crippen LogP contribution is -2.66. The number of carbonyl (C=O) groups is 2. The number of likely N-dealkylation sites (tertiary alicyclic amines) is 1. The molecule has 4 saturated carbocycles. The second-order valence-corrected chi connectivity index (χ2v) is 18.2. The Morgan fingerprint density at radius 1 is 0.894 bits per heavy atom. The maximum Gasteiger partial charge on any atom is 0.335 e. The summed E-state index contributed by atoms with van der Waals surface area (Å²) in [4.78, 5) is 28.4. The number of carbonyl (C=O) groups excluding carboxylic acids is 1. The van der Waals surface area contributed by atoms with E-state index >= 15 is 0 Å². The van der Waals surface area contributed by atoms with E-state index in [2.05, 4.69) is 59.1 Å². The normalized spacial score (nSPS) is 43.6. The zero-order valence-corrected chi connectivity index (χ0v) is 29.9. The van der Waals surface area contributed by atoms with Gasteiger partial charge >= 0.3 is 5.97 Å². The minimum atomic E-state index is -0.876. The van der Waals surface area contributed by atoms with Gasteiger partial charge in [0.05, 0.1) is 23.6 Å². The summed E-state index contributed by atoms with van der Waals surface area (Å²) in [5.74, 6) is 1.91. The SMILES string of the molecule is C=C(C)[C@@H]1CC[C@]2(C(=O)N3CCC[C@@H]3CO)CC[C@]3(C)[C@H](CC[C@@H]4[C@@]5(C)CC=C(c6ccc(C(=O)O)cc6)C(C)(C)[C@@H]5CC[C@]43C)[C@@H]12. The molecule has 256 valence electrons. The quantitative estimate of drug-likeness (QED) is 0.315. The Labute approximate surface area is 283 Å². The second-order valence-electron chi connectivity index (χ2n) is 18.2. The fourth-order valence-electron chi connectivity index (χ4n) is 14.0. The van der Waals surface area contributed by atoms with Crippen LogP contribution in [0.4, 0.5) is 0 Å². The molecule has 1 aromatic rings. The van der Waals surface area contributed by atoms with Crippen LogP contribution in [0.3, 0.4) is 0 Å². The molecule has 1 saturated heterocycles. The molecule has 10 atom stereocenters. The van der Waals surface area contributed by atoms with Gasteiger partial charge in [-0.15, -0.1) is 0 Å². The van der Waals surface area contributed by atoms with Gasteiger partial charge in [0.2, 0.25) is 5.91 Å². The van der Waals surface area contributed by atoms with Crippen molar-refractivity contribution >= 4 is 17.4 Å². The molecule has 1 aliphatic heterocycles. The average Bonchev–Trinajstić information content (AvgIpc) is 3.67. The number of carboxylic acids is 1. The number of aliphatic hydroxyl groups is 1. The van der Waals surface area contributed by atoms with Gasteiger partial charge in [0, 0.05) is 6.54 Å². The Morgan fingerprint density at radius 3 is 2.28 bits per heavy atom. The average molecular weight is 642 g/mol. The second kappa shape index (κ2) is 11.1. The molecule has 5 nitrogen and oxygen atoms in total. The Bertz CT molecular complexity index is 1490. The van der Waals surface area contributed by atoms with Crippen LogP contribution < -0.4 is 0 Å². The summed E-state index contributed by atoms with van der Waals surface area (Å²) < 4.78 is 0. The van der Waals surface area contributed by atoms with Crippen LogP contribution >= 0.6 is 0 Å². The minimum Gasteiger partial charge on any atom is -0.478 e. The largest absolute Gasteiger partial charge is 0.478 e. The summed E-state index contributed by atoms with van der Waals surface area (Å²) in [5.41, 5.74) is 4.37. The Hall–Kier alpha value is -2.40. The highest BCUT2D eigenvalue weighted by molar-refractivity contribution is 5.88. The highest BCUT2D eigenvalue weighted by atomic mass is 16.4. The van der Waals surface area contributed by atoms with Gasteiger partial charge in [-0.3, -0.25) is 4.79 Å². The topological polar surface area (TPSA) is 77.8 Å². The Morgan fingerprint density at radius 2 is 1.62 bits per heavy atom. The monoisotopic (exact) mass is 641 g/mol. The lowest BCUT2D eigenvalue weighted by molar-refractivity contribution is -0.226. The van der Waals surface area contributed by atoms with E-state index < -0.39 is 5.97 Å². The fraction of sp³-hybridized carbons (Fsp3) is 0.714. The van der Waals surface area contributed by atoms with Crippen molar-refractivity contribution in [3.8, 4) is 0 Å². The highest BCUT2D eigenvalue weighted by Gasteiger charge is 2.72. The van der Waals surface area contributed by atoms with Gasteiger partial charge in [-0.1, -0.05) is 65.0 Å². The third-order valence-corrected chi connectivity index (χ3v) is 16.4. The van der Waals surface area contributed by atoms with E-state index in [1.54, 1.807) is 12.1 Å². The molecule has 5 aliphatic carbocycles. The van der Waals surface area contributed by atoms with E-state index in [0.717, 1.165) is 57.1 Å². The summed E-state index contributed by atoms with van der Waals surface area (Å²) in [6, 6.07) is 7.52. The van der Waals surface area contributed by atoms with Gasteiger partial charge in [0.15, 0.2) is 0 Å². The van der Waals surface area contributed by atoms with Crippen molar-refractivity contribution in [3.05, 3.63) is 53.6 Å². The molecule has 0 spiro atoms. The number of rotatable bonds is 5. The van der Waals surface area contributed by atoms with Crippen molar-refractivity contribution in [2.45, 2.75) is 118 Å². The van der Waals surface area contributed by atoms with Gasteiger partial charge in [0.1, 0.15) is 0 Å². The number of benzene rings is 1. The third kappa shape index (κ3) is 4.42. The van der Waals surface area contributed by atoms with E-state index in [1.165, 1.54) is 36.8 Å². The number of amides is 1. The Kier molecular flexibility index (Phi) is 7.79. The number of fused-ring (bicyclic) bond motifs is 7. The smallest absolute Gasteiger partial charge is 0.335 e. The van der Waals surface area contributed by atoms with Crippen LogP contribution in [0.25, 0.3) is 5.57 Å². The summed E-state index contributed by atoms with van der Waals surface area (Å²) >= 11 is 0. The first-order chi connectivity index (χ1) is 22.2. The van der Waals surface area contributed by atoms with Crippen LogP contribution in [-0.4, -0.2) is 46.2 Å². The molecule has 5 fully saturated rings. The predicted molar refractivity (Wildman–Crippen MR) is 188 cm³/mol. The molecule has 1 heterocycles. The molecule has 1 aromatic carbocycles. The number of aliphatic hydroxyl groups excluding tert-OH is 1. The van der Waals surface area contributed by atoms with E-state index in [4.69, 9.17) is 0 Å². The molecular formula is C42H59NO4. The lowest BCUT2D eigenvalue weighted by atomic mass is 9.32. The summed E-state index contributed by atoms with van der Waals surface area (Å²) in [6.07, 6.45) is 14.5. The fourth-order valence-corrected chi connectivity index (χ4v) is 14.0. The van der Waals surface area contributed by atoms with Crippen LogP contribution in [0.15, 0.2) is 42.5 Å². The standard InChI is InChI=1S/C42H59NO4/c1-26(2)30-16-21-42(37(47)43-24-8-9-29(43)25-44)23-22-40(6)32(35(30)42)14-15-34-39(5)19-17-31(27-10-12-28(13-11-27)36(45)46)38(3,4)33(39)18-20-41(34,40)7/h10-13,17,29-30,32-35,44H,1,8-9,14-16,18-25H2,2-7H3,(H,45,46)/t29-,30+,32-,33+,34-,35-,39+,40-,41-,42+/m1/s1. The minimum absolute atomic E-state index is 0.0131. The van der Waals surface area contributed by atoms with E-state index in [9.17, 15) is 19.8 Å². The van der Waals surface area contributed by atoms with Gasteiger partial charge in [-0.05, 0) is 152 Å². The molecule has 0 aromatic heterocycles. The number of carboxylic acid groups (broad SMARTS) is 1. The van der Waals surface area contributed by atoms with Crippen LogP contribution in [0, 0.1) is 56.7 Å². The number of hydrogen-bond donors (Lipinski definition) is 2. The highest BCUT2D eigenvalue weighted by Crippen LogP contribution is 2.78. The van der Waals surface area contributed by atoms with Crippen LogP contribution in [-0.2, 0) is 4.79 Å². The van der Waals surface area contributed by atoms with Gasteiger partial charge in [0.25, 0.3) is 0 Å². The van der Waals surface area contributed by atoms with Crippen molar-refractivity contribution < 1.29 is 19.8 Å². The summed E-state index contributed by atoms with van der Waals surface area (Å²) in [7, 11) is 0. The summed E-state index contributed by atoms with van der Waals surface area (Å²) in [6.45, 7) is 20.4. The first-order valence-electron chi connectivity index (χ1n) is 18.8. The molecule has 5 heteroatoms. The van der Waals surface area contributed by atoms with Crippen LogP contribution in [0.2, 0.25) is 0 Å². The molecule has 0 unspecified atom stereocenters. The number of hydrogen-bond acceptors (Lipinski definition) is 3. The van der Waals surface area contributed by atoms with Crippen LogP contribution in [0.5, 0.6) is 0 Å². The zero-order chi connectivity index (χ0) is 33.7. The zero-order valence-electron chi connectivity index (χ0n) is 29.9. The number of allylic oxidation sites excluding steroid dienone is 3. The van der Waals surface area contributed by atoms with E-state index in [0.29, 0.717) is 41.1 Å². The molecule has 0 radical (unpaired) electrons. The molecule has 47 heavy (non-hydrogen) atoms. The van der Waals surface area contributed by atoms with Crippen molar-refractivity contribution in [2.24, 2.45) is 56.7 Å². The molecule has 7 rings (SSSR count). The predicted octanol–water partition coefficient (Wildman–Crippen LogP) is 9.02. The van der Waals surface area contributed by atoms with Gasteiger partial charge in [-0.2, -0.15) is 0 Å². The first kappa shape index (κ1) is 33.1. The maximum atomic E-state index is 14.7. The molecule has 1 amide bonds. The van der Waals surface area contributed by atoms with Crippen molar-refractivity contribution in [1.29, 1.82) is 0 Å². The molecule has 0 bridgehead atoms. The van der Waals surface area contributed by atoms with Crippen molar-refractivity contribution in [1.82, 2.24) is 4.90 Å². The Balaban J connectivity index is 1.23. The van der Waals surface area contributed by atoms with Crippen molar-refractivity contribution in [3.63, 3.8) is 0 Å². The van der Waals surface area contributed by atoms with E-state index in [-0.39, 0.29) is 39.7 Å².